The number of thiol groups is 1. The van der Waals surface area contributed by atoms with Gasteiger partial charge in [-0.2, -0.15) is 13.2 Å². The minimum Gasteiger partial charge on any atom is -0.161 e. The maximum absolute atomic E-state index is 10.2. The standard InChI is InChI=1S/C7H8.CHF3S/c1-7-5-3-2-4-6-7;2-1(3,4)5/h2-6H,1H3;5H. The monoisotopic (exact) mass is 194 g/mol. The molecule has 0 atom stereocenters. The number of rotatable bonds is 0. The third-order valence-electron chi connectivity index (χ3n) is 0.940. The summed E-state index contributed by atoms with van der Waals surface area (Å²) in [5.41, 5.74) is -2.98. The lowest BCUT2D eigenvalue weighted by Gasteiger charge is -1.87. The highest BCUT2D eigenvalue weighted by Gasteiger charge is 2.17. The molecule has 0 unspecified atom stereocenters. The Morgan fingerprint density at radius 2 is 1.42 bits per heavy atom. The van der Waals surface area contributed by atoms with Crippen LogP contribution in [0.25, 0.3) is 0 Å². The van der Waals surface area contributed by atoms with Gasteiger partial charge in [0.2, 0.25) is 0 Å². The second-order valence-electron chi connectivity index (χ2n) is 2.12. The lowest BCUT2D eigenvalue weighted by molar-refractivity contribution is -0.0303. The first kappa shape index (κ1) is 11.4. The van der Waals surface area contributed by atoms with Crippen LogP contribution in [0.4, 0.5) is 13.2 Å². The molecular weight excluding hydrogens is 185 g/mol. The van der Waals surface area contributed by atoms with Crippen molar-refractivity contribution >= 4 is 12.6 Å². The molecule has 0 fully saturated rings. The molecule has 0 amide bonds. The average Bonchev–Trinajstić information content (AvgIpc) is 1.85. The van der Waals surface area contributed by atoms with Gasteiger partial charge in [0.05, 0.1) is 0 Å². The minimum atomic E-state index is -4.31. The Bertz CT molecular complexity index is 199. The van der Waals surface area contributed by atoms with Crippen LogP contribution in [0.15, 0.2) is 30.3 Å². The quantitative estimate of drug-likeness (QED) is 0.601. The molecule has 1 aromatic rings. The highest BCUT2D eigenvalue weighted by atomic mass is 32.1. The summed E-state index contributed by atoms with van der Waals surface area (Å²) in [5, 5.41) is 0. The molecular formula is C8H9F3S. The molecule has 12 heavy (non-hydrogen) atoms. The number of hydrogen-bond donors (Lipinski definition) is 1. The first-order valence-electron chi connectivity index (χ1n) is 3.20. The summed E-state index contributed by atoms with van der Waals surface area (Å²) in [5.74, 6) is 0. The SMILES string of the molecule is Cc1ccccc1.FC(F)(F)S. The number of halogens is 3. The van der Waals surface area contributed by atoms with Crippen LogP contribution in [0.5, 0.6) is 0 Å². The number of aryl methyl sites for hydroxylation is 1. The average molecular weight is 194 g/mol. The van der Waals surface area contributed by atoms with Gasteiger partial charge in [0, 0.05) is 0 Å². The zero-order chi connectivity index (χ0) is 9.61. The van der Waals surface area contributed by atoms with Gasteiger partial charge in [0.1, 0.15) is 0 Å². The van der Waals surface area contributed by atoms with E-state index in [9.17, 15) is 13.2 Å². The van der Waals surface area contributed by atoms with Crippen LogP contribution in [0.1, 0.15) is 5.56 Å². The van der Waals surface area contributed by atoms with Gasteiger partial charge in [-0.3, -0.25) is 0 Å². The normalized spacial score (nSPS) is 10.1. The van der Waals surface area contributed by atoms with Gasteiger partial charge in [-0.1, -0.05) is 48.5 Å². The van der Waals surface area contributed by atoms with Crippen molar-refractivity contribution in [2.75, 3.05) is 0 Å². The summed E-state index contributed by atoms with van der Waals surface area (Å²) in [7, 11) is 0. The van der Waals surface area contributed by atoms with E-state index in [1.165, 1.54) is 5.56 Å². The number of benzene rings is 1. The zero-order valence-electron chi connectivity index (χ0n) is 6.47. The maximum atomic E-state index is 10.2. The van der Waals surface area contributed by atoms with E-state index < -0.39 is 5.51 Å². The third kappa shape index (κ3) is 12.1. The van der Waals surface area contributed by atoms with Crippen LogP contribution in [0.2, 0.25) is 0 Å². The first-order chi connectivity index (χ1) is 5.39. The Morgan fingerprint density at radius 1 is 1.08 bits per heavy atom. The molecule has 0 saturated carbocycles. The number of hydrogen-bond acceptors (Lipinski definition) is 1. The van der Waals surface area contributed by atoms with Crippen LogP contribution in [0, 0.1) is 6.92 Å². The first-order valence-corrected chi connectivity index (χ1v) is 3.65. The van der Waals surface area contributed by atoms with Gasteiger partial charge < -0.3 is 0 Å². The van der Waals surface area contributed by atoms with Crippen molar-refractivity contribution in [1.29, 1.82) is 0 Å². The molecule has 0 aliphatic heterocycles. The molecule has 0 nitrogen and oxygen atoms in total. The van der Waals surface area contributed by atoms with Crippen LogP contribution in [-0.2, 0) is 0 Å². The molecule has 0 heterocycles. The van der Waals surface area contributed by atoms with Gasteiger partial charge in [0.15, 0.2) is 0 Å². The van der Waals surface area contributed by atoms with Crippen LogP contribution in [0.3, 0.4) is 0 Å². The molecule has 1 rings (SSSR count). The van der Waals surface area contributed by atoms with Crippen molar-refractivity contribution < 1.29 is 13.2 Å². The lowest BCUT2D eigenvalue weighted by Crippen LogP contribution is -1.89. The molecule has 0 aromatic heterocycles. The van der Waals surface area contributed by atoms with E-state index in [0.717, 1.165) is 0 Å². The van der Waals surface area contributed by atoms with Crippen molar-refractivity contribution in [2.45, 2.75) is 12.4 Å². The molecule has 0 aliphatic carbocycles. The smallest absolute Gasteiger partial charge is 0.161 e. The Morgan fingerprint density at radius 3 is 1.58 bits per heavy atom. The van der Waals surface area contributed by atoms with Gasteiger partial charge >= 0.3 is 5.51 Å². The molecule has 0 radical (unpaired) electrons. The molecule has 68 valence electrons. The summed E-state index contributed by atoms with van der Waals surface area (Å²) in [6, 6.07) is 10.3. The fourth-order valence-corrected chi connectivity index (χ4v) is 0.534. The molecule has 0 bridgehead atoms. The molecule has 0 aliphatic rings. The van der Waals surface area contributed by atoms with Crippen LogP contribution in [-0.4, -0.2) is 5.51 Å². The van der Waals surface area contributed by atoms with E-state index in [0.29, 0.717) is 0 Å². The van der Waals surface area contributed by atoms with Gasteiger partial charge in [-0.05, 0) is 6.92 Å². The number of alkyl halides is 3. The topological polar surface area (TPSA) is 0 Å². The molecule has 0 saturated heterocycles. The lowest BCUT2D eigenvalue weighted by atomic mass is 10.2. The maximum Gasteiger partial charge on any atom is 0.438 e. The van der Waals surface area contributed by atoms with Gasteiger partial charge in [0.25, 0.3) is 0 Å². The predicted molar refractivity (Wildman–Crippen MR) is 46.2 cm³/mol. The van der Waals surface area contributed by atoms with Crippen LogP contribution < -0.4 is 0 Å². The summed E-state index contributed by atoms with van der Waals surface area (Å²) in [6.07, 6.45) is 0. The molecule has 4 heteroatoms. The minimum absolute atomic E-state index is 1.32. The van der Waals surface area contributed by atoms with Crippen molar-refractivity contribution in [2.24, 2.45) is 0 Å². The van der Waals surface area contributed by atoms with E-state index in [2.05, 4.69) is 31.7 Å². The van der Waals surface area contributed by atoms with E-state index in [-0.39, 0.29) is 0 Å². The highest BCUT2D eigenvalue weighted by Crippen LogP contribution is 2.17. The predicted octanol–water partition coefficient (Wildman–Crippen LogP) is 3.43. The van der Waals surface area contributed by atoms with Crippen LogP contribution >= 0.6 is 12.6 Å². The van der Waals surface area contributed by atoms with Crippen molar-refractivity contribution in [3.63, 3.8) is 0 Å². The van der Waals surface area contributed by atoms with Crippen molar-refractivity contribution in [3.8, 4) is 0 Å². The Labute approximate surface area is 74.8 Å². The fourth-order valence-electron chi connectivity index (χ4n) is 0.534. The summed E-state index contributed by atoms with van der Waals surface area (Å²) >= 11 is 2.12. The van der Waals surface area contributed by atoms with Gasteiger partial charge in [-0.15, -0.1) is 0 Å². The summed E-state index contributed by atoms with van der Waals surface area (Å²) in [6.45, 7) is 2.08. The third-order valence-corrected chi connectivity index (χ3v) is 0.940. The molecule has 0 N–H and O–H groups in total. The summed E-state index contributed by atoms with van der Waals surface area (Å²) in [4.78, 5) is 0. The molecule has 1 aromatic carbocycles. The molecule has 0 spiro atoms. The van der Waals surface area contributed by atoms with E-state index in [4.69, 9.17) is 0 Å². The van der Waals surface area contributed by atoms with E-state index in [1.54, 1.807) is 0 Å². The second kappa shape index (κ2) is 5.09. The summed E-state index contributed by atoms with van der Waals surface area (Å²) < 4.78 is 30.7. The fraction of sp³-hybridized carbons (Fsp3) is 0.250. The largest absolute Gasteiger partial charge is 0.438 e. The Hall–Kier alpha value is -0.640. The Kier molecular flexibility index (Phi) is 4.81. The Balaban J connectivity index is 0.000000217. The second-order valence-corrected chi connectivity index (χ2v) is 2.63. The zero-order valence-corrected chi connectivity index (χ0v) is 7.36. The van der Waals surface area contributed by atoms with Crippen molar-refractivity contribution in [1.82, 2.24) is 0 Å². The van der Waals surface area contributed by atoms with E-state index >= 15 is 0 Å². The van der Waals surface area contributed by atoms with E-state index in [1.807, 2.05) is 18.2 Å². The van der Waals surface area contributed by atoms with Crippen molar-refractivity contribution in [3.05, 3.63) is 35.9 Å². The highest BCUT2D eigenvalue weighted by molar-refractivity contribution is 7.81. The van der Waals surface area contributed by atoms with Gasteiger partial charge in [-0.25, -0.2) is 0 Å².